The van der Waals surface area contributed by atoms with Crippen molar-refractivity contribution in [3.05, 3.63) is 22.3 Å². The normalized spacial score (nSPS) is 15.7. The van der Waals surface area contributed by atoms with Crippen molar-refractivity contribution < 1.29 is 4.79 Å². The largest absolute Gasteiger partial charge is 0.397 e. The van der Waals surface area contributed by atoms with E-state index in [9.17, 15) is 4.79 Å². The molecule has 0 saturated heterocycles. The van der Waals surface area contributed by atoms with Crippen LogP contribution in [0.4, 0.5) is 5.69 Å². The number of nitrogen functional groups attached to an aromatic ring is 1. The van der Waals surface area contributed by atoms with Gasteiger partial charge in [-0.15, -0.1) is 11.3 Å². The standard InChI is InChI=1S/C16H21N3OS/c1-9-7-12-13(10(2)19-9)14(17)15(21-12)16(20)18-8-11-5-3-4-6-11/h7,11H,3-6,8,17H2,1-2H3,(H,18,20). The van der Waals surface area contributed by atoms with Crippen LogP contribution >= 0.6 is 11.3 Å². The smallest absolute Gasteiger partial charge is 0.263 e. The van der Waals surface area contributed by atoms with Gasteiger partial charge in [-0.25, -0.2) is 0 Å². The number of hydrogen-bond donors (Lipinski definition) is 2. The summed E-state index contributed by atoms with van der Waals surface area (Å²) in [7, 11) is 0. The predicted octanol–water partition coefficient (Wildman–Crippen LogP) is 3.42. The van der Waals surface area contributed by atoms with Crippen LogP contribution in [0.2, 0.25) is 0 Å². The van der Waals surface area contributed by atoms with Crippen LogP contribution in [0, 0.1) is 19.8 Å². The number of rotatable bonds is 3. The van der Waals surface area contributed by atoms with Crippen molar-refractivity contribution in [3.63, 3.8) is 0 Å². The molecule has 2 aromatic rings. The molecule has 0 bridgehead atoms. The van der Waals surface area contributed by atoms with E-state index >= 15 is 0 Å². The Morgan fingerprint density at radius 2 is 2.14 bits per heavy atom. The SMILES string of the molecule is Cc1cc2sc(C(=O)NCC3CCCC3)c(N)c2c(C)n1. The van der Waals surface area contributed by atoms with Crippen LogP contribution in [0.5, 0.6) is 0 Å². The third kappa shape index (κ3) is 2.75. The van der Waals surface area contributed by atoms with Crippen LogP contribution in [-0.4, -0.2) is 17.4 Å². The van der Waals surface area contributed by atoms with Crippen LogP contribution in [0.25, 0.3) is 10.1 Å². The quantitative estimate of drug-likeness (QED) is 0.913. The van der Waals surface area contributed by atoms with Crippen molar-refractivity contribution in [1.29, 1.82) is 0 Å². The number of hydrogen-bond acceptors (Lipinski definition) is 4. The Hall–Kier alpha value is -1.62. The van der Waals surface area contributed by atoms with Gasteiger partial charge in [-0.05, 0) is 38.7 Å². The highest BCUT2D eigenvalue weighted by molar-refractivity contribution is 7.21. The molecule has 112 valence electrons. The Labute approximate surface area is 128 Å². The molecule has 2 aromatic heterocycles. The molecule has 0 radical (unpaired) electrons. The van der Waals surface area contributed by atoms with Gasteiger partial charge in [-0.1, -0.05) is 12.8 Å². The van der Waals surface area contributed by atoms with Gasteiger partial charge in [0.2, 0.25) is 0 Å². The van der Waals surface area contributed by atoms with Crippen LogP contribution in [-0.2, 0) is 0 Å². The van der Waals surface area contributed by atoms with E-state index in [1.807, 2.05) is 19.9 Å². The number of nitrogens with zero attached hydrogens (tertiary/aromatic N) is 1. The van der Waals surface area contributed by atoms with Gasteiger partial charge in [0.25, 0.3) is 5.91 Å². The topological polar surface area (TPSA) is 68.0 Å². The van der Waals surface area contributed by atoms with E-state index in [2.05, 4.69) is 10.3 Å². The monoisotopic (exact) mass is 303 g/mol. The molecular formula is C16H21N3OS. The number of carbonyl (C=O) groups is 1. The molecule has 1 fully saturated rings. The van der Waals surface area contributed by atoms with E-state index in [0.29, 0.717) is 16.5 Å². The van der Waals surface area contributed by atoms with E-state index in [1.54, 1.807) is 0 Å². The van der Waals surface area contributed by atoms with Crippen molar-refractivity contribution in [2.24, 2.45) is 5.92 Å². The van der Waals surface area contributed by atoms with Gasteiger partial charge in [0.15, 0.2) is 0 Å². The van der Waals surface area contributed by atoms with E-state index in [0.717, 1.165) is 28.0 Å². The van der Waals surface area contributed by atoms with Crippen molar-refractivity contribution >= 4 is 33.0 Å². The Morgan fingerprint density at radius 1 is 1.43 bits per heavy atom. The zero-order chi connectivity index (χ0) is 15.0. The summed E-state index contributed by atoms with van der Waals surface area (Å²) >= 11 is 1.47. The summed E-state index contributed by atoms with van der Waals surface area (Å²) in [5, 5.41) is 3.98. The highest BCUT2D eigenvalue weighted by Gasteiger charge is 2.20. The fourth-order valence-electron chi connectivity index (χ4n) is 3.18. The number of aromatic nitrogens is 1. The maximum absolute atomic E-state index is 12.4. The third-order valence-electron chi connectivity index (χ3n) is 4.25. The number of pyridine rings is 1. The molecule has 5 heteroatoms. The summed E-state index contributed by atoms with van der Waals surface area (Å²) in [5.41, 5.74) is 8.61. The molecule has 3 N–H and O–H groups in total. The summed E-state index contributed by atoms with van der Waals surface area (Å²) < 4.78 is 1.04. The minimum Gasteiger partial charge on any atom is -0.397 e. The second-order valence-corrected chi connectivity index (χ2v) is 6.98. The van der Waals surface area contributed by atoms with Gasteiger partial charge < -0.3 is 11.1 Å². The predicted molar refractivity (Wildman–Crippen MR) is 87.8 cm³/mol. The molecule has 0 atom stereocenters. The molecule has 0 aromatic carbocycles. The average Bonchev–Trinajstić information content (AvgIpc) is 3.04. The zero-order valence-electron chi connectivity index (χ0n) is 12.5. The van der Waals surface area contributed by atoms with Crippen molar-refractivity contribution in [3.8, 4) is 0 Å². The first kappa shape index (κ1) is 14.3. The lowest BCUT2D eigenvalue weighted by molar-refractivity contribution is 0.0952. The van der Waals surface area contributed by atoms with Crippen LogP contribution in [0.1, 0.15) is 46.7 Å². The minimum absolute atomic E-state index is 0.0438. The fourth-order valence-corrected chi connectivity index (χ4v) is 4.37. The number of nitrogens with two attached hydrogens (primary N) is 1. The van der Waals surface area contributed by atoms with Crippen molar-refractivity contribution in [1.82, 2.24) is 10.3 Å². The molecule has 1 saturated carbocycles. The number of fused-ring (bicyclic) bond motifs is 1. The van der Waals surface area contributed by atoms with Crippen LogP contribution in [0.3, 0.4) is 0 Å². The van der Waals surface area contributed by atoms with E-state index in [-0.39, 0.29) is 5.91 Å². The van der Waals surface area contributed by atoms with Gasteiger partial charge in [-0.3, -0.25) is 9.78 Å². The minimum atomic E-state index is -0.0438. The summed E-state index contributed by atoms with van der Waals surface area (Å²) in [6, 6.07) is 2.00. The number of thiophene rings is 1. The summed E-state index contributed by atoms with van der Waals surface area (Å²) in [6.45, 7) is 4.67. The Bertz CT molecular complexity index is 686. The molecule has 1 aliphatic rings. The molecule has 1 aliphatic carbocycles. The molecule has 3 rings (SSSR count). The van der Waals surface area contributed by atoms with Gasteiger partial charge in [0, 0.05) is 28.0 Å². The van der Waals surface area contributed by atoms with Crippen molar-refractivity contribution in [2.45, 2.75) is 39.5 Å². The van der Waals surface area contributed by atoms with E-state index in [4.69, 9.17) is 5.73 Å². The van der Waals surface area contributed by atoms with E-state index in [1.165, 1.54) is 37.0 Å². The highest BCUT2D eigenvalue weighted by Crippen LogP contribution is 2.35. The Morgan fingerprint density at radius 3 is 2.86 bits per heavy atom. The zero-order valence-corrected chi connectivity index (χ0v) is 13.3. The number of amides is 1. The lowest BCUT2D eigenvalue weighted by atomic mass is 10.1. The Balaban J connectivity index is 1.84. The lowest BCUT2D eigenvalue weighted by Gasteiger charge is -2.10. The molecule has 4 nitrogen and oxygen atoms in total. The first-order valence-electron chi connectivity index (χ1n) is 7.50. The van der Waals surface area contributed by atoms with Gasteiger partial charge in [-0.2, -0.15) is 0 Å². The first-order chi connectivity index (χ1) is 10.1. The van der Waals surface area contributed by atoms with Gasteiger partial charge >= 0.3 is 0 Å². The summed E-state index contributed by atoms with van der Waals surface area (Å²) in [4.78, 5) is 17.4. The molecular weight excluding hydrogens is 282 g/mol. The molecule has 2 heterocycles. The average molecular weight is 303 g/mol. The summed E-state index contributed by atoms with van der Waals surface area (Å²) in [6.07, 6.45) is 5.03. The number of carbonyl (C=O) groups excluding carboxylic acids is 1. The summed E-state index contributed by atoms with van der Waals surface area (Å²) in [5.74, 6) is 0.591. The highest BCUT2D eigenvalue weighted by atomic mass is 32.1. The number of aryl methyl sites for hydroxylation is 2. The first-order valence-corrected chi connectivity index (χ1v) is 8.32. The molecule has 0 spiro atoms. The van der Waals surface area contributed by atoms with Crippen molar-refractivity contribution in [2.75, 3.05) is 12.3 Å². The lowest BCUT2D eigenvalue weighted by Crippen LogP contribution is -2.28. The molecule has 1 amide bonds. The van der Waals surface area contributed by atoms with Crippen LogP contribution in [0.15, 0.2) is 6.07 Å². The van der Waals surface area contributed by atoms with Gasteiger partial charge in [0.1, 0.15) is 4.88 Å². The maximum atomic E-state index is 12.4. The third-order valence-corrected chi connectivity index (χ3v) is 5.40. The maximum Gasteiger partial charge on any atom is 0.263 e. The Kier molecular flexibility index (Phi) is 3.85. The number of anilines is 1. The second kappa shape index (κ2) is 5.64. The number of nitrogens with one attached hydrogen (secondary N) is 1. The molecule has 21 heavy (non-hydrogen) atoms. The van der Waals surface area contributed by atoms with Crippen LogP contribution < -0.4 is 11.1 Å². The van der Waals surface area contributed by atoms with E-state index < -0.39 is 0 Å². The van der Waals surface area contributed by atoms with Gasteiger partial charge in [0.05, 0.1) is 5.69 Å². The fraction of sp³-hybridized carbons (Fsp3) is 0.500. The molecule has 0 aliphatic heterocycles. The molecule has 0 unspecified atom stereocenters. The second-order valence-electron chi connectivity index (χ2n) is 5.93.